The number of hydrogen-bond acceptors (Lipinski definition) is 10. The van der Waals surface area contributed by atoms with E-state index < -0.39 is 41.3 Å². The average molecular weight is 614 g/mol. The molecule has 2 heterocycles. The molecule has 0 unspecified atom stereocenters. The van der Waals surface area contributed by atoms with Crippen molar-refractivity contribution in [3.05, 3.63) is 71.8 Å². The van der Waals surface area contributed by atoms with E-state index in [2.05, 4.69) is 35.2 Å². The van der Waals surface area contributed by atoms with Crippen molar-refractivity contribution in [1.29, 1.82) is 0 Å². The zero-order chi connectivity index (χ0) is 32.1. The molecule has 0 bridgehead atoms. The van der Waals surface area contributed by atoms with Gasteiger partial charge in [-0.05, 0) is 24.3 Å². The summed E-state index contributed by atoms with van der Waals surface area (Å²) in [5.41, 5.74) is 1.74. The Hall–Kier alpha value is -5.49. The van der Waals surface area contributed by atoms with Crippen LogP contribution in [-0.2, 0) is 26.6 Å². The molecular formula is C24H20F6N8O5. The van der Waals surface area contributed by atoms with Gasteiger partial charge in [0, 0.05) is 12.6 Å². The predicted octanol–water partition coefficient (Wildman–Crippen LogP) is 3.69. The smallest absolute Gasteiger partial charge is 0.418 e. The molecule has 228 valence electrons. The monoisotopic (exact) mass is 614 g/mol. The minimum Gasteiger partial charge on any atom is -0.465 e. The molecule has 19 heteroatoms. The van der Waals surface area contributed by atoms with E-state index >= 15 is 0 Å². The fourth-order valence-electron chi connectivity index (χ4n) is 3.58. The molecule has 0 fully saturated rings. The molecule has 4 rings (SSSR count). The number of carbonyl (C=O) groups excluding carboxylic acids is 3. The van der Waals surface area contributed by atoms with Crippen LogP contribution in [0.3, 0.4) is 0 Å². The maximum Gasteiger partial charge on any atom is 0.418 e. The van der Waals surface area contributed by atoms with Crippen molar-refractivity contribution < 1.29 is 50.2 Å². The molecule has 1 amide bonds. The van der Waals surface area contributed by atoms with E-state index in [0.29, 0.717) is 12.1 Å². The van der Waals surface area contributed by atoms with Crippen molar-refractivity contribution >= 4 is 29.2 Å². The number of nitrogens with zero attached hydrogens (tertiary/aromatic N) is 6. The van der Waals surface area contributed by atoms with Crippen LogP contribution in [0, 0.1) is 0 Å². The summed E-state index contributed by atoms with van der Waals surface area (Å²) in [4.78, 5) is 34.5. The molecule has 2 aromatic heterocycles. The van der Waals surface area contributed by atoms with Gasteiger partial charge in [-0.1, -0.05) is 0 Å². The van der Waals surface area contributed by atoms with E-state index in [1.807, 2.05) is 0 Å². The Morgan fingerprint density at radius 3 is 1.51 bits per heavy atom. The second-order valence-corrected chi connectivity index (χ2v) is 8.27. The molecule has 0 aliphatic rings. The van der Waals surface area contributed by atoms with Crippen LogP contribution < -0.4 is 11.1 Å². The fraction of sp³-hybridized carbons (Fsp3) is 0.208. The zero-order valence-electron chi connectivity index (χ0n) is 22.2. The highest BCUT2D eigenvalue weighted by atomic mass is 19.4. The van der Waals surface area contributed by atoms with E-state index in [9.17, 15) is 40.7 Å². The lowest BCUT2D eigenvalue weighted by Gasteiger charge is -2.17. The van der Waals surface area contributed by atoms with Crippen molar-refractivity contribution in [1.82, 2.24) is 29.5 Å². The molecule has 0 aliphatic carbocycles. The fourth-order valence-corrected chi connectivity index (χ4v) is 3.58. The first kappa shape index (κ1) is 32.0. The molecule has 4 aromatic rings. The van der Waals surface area contributed by atoms with Crippen molar-refractivity contribution in [2.24, 2.45) is 0 Å². The molecular weight excluding hydrogens is 594 g/mol. The summed E-state index contributed by atoms with van der Waals surface area (Å²) in [6, 6.07) is 3.31. The van der Waals surface area contributed by atoms with Crippen LogP contribution in [-0.4, -0.2) is 61.6 Å². The van der Waals surface area contributed by atoms with Crippen LogP contribution in [0.15, 0.2) is 49.6 Å². The predicted molar refractivity (Wildman–Crippen MR) is 134 cm³/mol. The lowest BCUT2D eigenvalue weighted by molar-refractivity contribution is -0.138. The minimum absolute atomic E-state index is 0.163. The van der Waals surface area contributed by atoms with Crippen LogP contribution in [0.2, 0.25) is 0 Å². The van der Waals surface area contributed by atoms with Crippen LogP contribution >= 0.6 is 0 Å². The number of rotatable bonds is 5. The summed E-state index contributed by atoms with van der Waals surface area (Å²) in [6.07, 6.45) is -5.07. The third-order valence-electron chi connectivity index (χ3n) is 5.43. The summed E-state index contributed by atoms with van der Waals surface area (Å²) in [5.74, 6) is -2.34. The first-order chi connectivity index (χ1) is 20.1. The molecule has 13 nitrogen and oxygen atoms in total. The van der Waals surface area contributed by atoms with Gasteiger partial charge >= 0.3 is 24.3 Å². The van der Waals surface area contributed by atoms with Crippen molar-refractivity contribution in [2.45, 2.75) is 19.3 Å². The first-order valence-electron chi connectivity index (χ1n) is 11.5. The number of nitrogens with two attached hydrogens (primary N) is 1. The average Bonchev–Trinajstić information content (AvgIpc) is 3.66. The Morgan fingerprint density at radius 1 is 0.721 bits per heavy atom. The summed E-state index contributed by atoms with van der Waals surface area (Å²) in [6.45, 7) is 1.11. The molecule has 0 saturated heterocycles. The number of ether oxygens (including phenoxy) is 2. The van der Waals surface area contributed by atoms with Gasteiger partial charge in [0.05, 0.1) is 53.5 Å². The van der Waals surface area contributed by atoms with Crippen molar-refractivity contribution in [3.8, 4) is 11.4 Å². The standard InChI is InChI=1S/C13H11F3N4O3.C11H9F3N4O2/c1-7(21)19-10-4-9(13(14,15)16)11(20-5-17-18-6-20)3-8(10)12(22)23-2;1-20-10(19)6-2-9(18-4-16-17-5-18)7(3-8(6)15)11(12,13)14/h3-6H,1-2H3,(H,19,21);2-5H,15H2,1H3. The van der Waals surface area contributed by atoms with Gasteiger partial charge in [0.2, 0.25) is 5.91 Å². The van der Waals surface area contributed by atoms with E-state index in [1.165, 1.54) is 0 Å². The quantitative estimate of drug-likeness (QED) is 0.192. The molecule has 43 heavy (non-hydrogen) atoms. The lowest BCUT2D eigenvalue weighted by atomic mass is 10.1. The summed E-state index contributed by atoms with van der Waals surface area (Å²) in [7, 11) is 2.19. The maximum absolute atomic E-state index is 13.3. The number of aromatic nitrogens is 6. The van der Waals surface area contributed by atoms with E-state index in [-0.39, 0.29) is 33.9 Å². The number of alkyl halides is 6. The van der Waals surface area contributed by atoms with Crippen LogP contribution in [0.4, 0.5) is 37.7 Å². The topological polar surface area (TPSA) is 169 Å². The Kier molecular flexibility index (Phi) is 9.37. The second-order valence-electron chi connectivity index (χ2n) is 8.27. The number of carbonyl (C=O) groups is 3. The number of halogens is 6. The van der Waals surface area contributed by atoms with E-state index in [4.69, 9.17) is 5.73 Å². The molecule has 3 N–H and O–H groups in total. The number of nitrogens with one attached hydrogen (secondary N) is 1. The summed E-state index contributed by atoms with van der Waals surface area (Å²) in [5, 5.41) is 16.0. The third kappa shape index (κ3) is 7.43. The highest BCUT2D eigenvalue weighted by molar-refractivity contribution is 6.01. The highest BCUT2D eigenvalue weighted by Gasteiger charge is 2.37. The van der Waals surface area contributed by atoms with Gasteiger partial charge < -0.3 is 20.5 Å². The van der Waals surface area contributed by atoms with Gasteiger partial charge in [-0.3, -0.25) is 13.9 Å². The van der Waals surface area contributed by atoms with Crippen LogP contribution in [0.1, 0.15) is 38.8 Å². The number of amides is 1. The largest absolute Gasteiger partial charge is 0.465 e. The number of methoxy groups -OCH3 is 2. The molecule has 0 atom stereocenters. The molecule has 0 spiro atoms. The molecule has 0 saturated carbocycles. The maximum atomic E-state index is 13.3. The highest BCUT2D eigenvalue weighted by Crippen LogP contribution is 2.38. The van der Waals surface area contributed by atoms with Gasteiger partial charge in [-0.2, -0.15) is 26.3 Å². The Bertz CT molecular complexity index is 1620. The molecule has 2 aromatic carbocycles. The van der Waals surface area contributed by atoms with Crippen LogP contribution in [0.25, 0.3) is 11.4 Å². The number of anilines is 2. The van der Waals surface area contributed by atoms with E-state index in [0.717, 1.165) is 67.7 Å². The normalized spacial score (nSPS) is 11.3. The number of hydrogen-bond donors (Lipinski definition) is 2. The third-order valence-corrected chi connectivity index (χ3v) is 5.43. The number of benzene rings is 2. The Morgan fingerprint density at radius 2 is 1.12 bits per heavy atom. The van der Waals surface area contributed by atoms with Gasteiger partial charge in [0.25, 0.3) is 0 Å². The number of nitrogen functional groups attached to an aromatic ring is 1. The summed E-state index contributed by atoms with van der Waals surface area (Å²) >= 11 is 0. The number of esters is 2. The Labute approximate surface area is 237 Å². The van der Waals surface area contributed by atoms with Gasteiger partial charge in [-0.15, -0.1) is 20.4 Å². The van der Waals surface area contributed by atoms with Crippen LogP contribution in [0.5, 0.6) is 0 Å². The van der Waals surface area contributed by atoms with Gasteiger partial charge in [0.1, 0.15) is 25.3 Å². The Balaban J connectivity index is 0.000000238. The van der Waals surface area contributed by atoms with E-state index in [1.54, 1.807) is 0 Å². The van der Waals surface area contributed by atoms with Crippen molar-refractivity contribution in [2.75, 3.05) is 25.3 Å². The SMILES string of the molecule is COC(=O)c1cc(-n2cnnc2)c(C(F)(F)F)cc1N.COC(=O)c1cc(-n2cnnc2)c(C(F)(F)F)cc1NC(C)=O. The first-order valence-corrected chi connectivity index (χ1v) is 11.5. The molecule has 0 aliphatic heterocycles. The minimum atomic E-state index is -4.72. The molecule has 0 radical (unpaired) electrons. The van der Waals surface area contributed by atoms with Gasteiger partial charge in [-0.25, -0.2) is 9.59 Å². The lowest BCUT2D eigenvalue weighted by Crippen LogP contribution is -2.17. The second kappa shape index (κ2) is 12.6. The van der Waals surface area contributed by atoms with Crippen molar-refractivity contribution in [3.63, 3.8) is 0 Å². The zero-order valence-corrected chi connectivity index (χ0v) is 22.2. The summed E-state index contributed by atoms with van der Waals surface area (Å²) < 4.78 is 90.0. The van der Waals surface area contributed by atoms with Gasteiger partial charge in [0.15, 0.2) is 0 Å².